The molecule has 2 aromatic heterocycles. The van der Waals surface area contributed by atoms with Gasteiger partial charge in [-0.25, -0.2) is 9.67 Å². The first kappa shape index (κ1) is 14.8. The van der Waals surface area contributed by atoms with Gasteiger partial charge in [0.2, 0.25) is 5.88 Å². The molecule has 0 fully saturated rings. The second kappa shape index (κ2) is 6.74. The second-order valence-electron chi connectivity index (χ2n) is 4.89. The summed E-state index contributed by atoms with van der Waals surface area (Å²) in [6.45, 7) is 0.415. The summed E-state index contributed by atoms with van der Waals surface area (Å²) in [5, 5.41) is 7.03. The largest absolute Gasteiger partial charge is 0.481 e. The van der Waals surface area contributed by atoms with Gasteiger partial charge in [0.15, 0.2) is 0 Å². The van der Waals surface area contributed by atoms with Crippen molar-refractivity contribution in [3.05, 3.63) is 72.2 Å². The number of hydrogen-bond acceptors (Lipinski definition) is 4. The molecule has 1 aromatic carbocycles. The molecule has 1 N–H and O–H groups in total. The number of aromatic nitrogens is 3. The third-order valence-corrected chi connectivity index (χ3v) is 3.36. The molecule has 0 radical (unpaired) electrons. The summed E-state index contributed by atoms with van der Waals surface area (Å²) in [5.41, 5.74) is 2.44. The number of methoxy groups -OCH3 is 1. The van der Waals surface area contributed by atoms with Crippen LogP contribution in [0.2, 0.25) is 0 Å². The van der Waals surface area contributed by atoms with Crippen molar-refractivity contribution in [2.75, 3.05) is 7.11 Å². The van der Waals surface area contributed by atoms with E-state index in [0.717, 1.165) is 11.3 Å². The lowest BCUT2D eigenvalue weighted by Gasteiger charge is -2.07. The minimum Gasteiger partial charge on any atom is -0.481 e. The summed E-state index contributed by atoms with van der Waals surface area (Å²) < 4.78 is 6.80. The molecule has 23 heavy (non-hydrogen) atoms. The number of pyridine rings is 1. The van der Waals surface area contributed by atoms with Gasteiger partial charge in [0, 0.05) is 36.8 Å². The van der Waals surface area contributed by atoms with Gasteiger partial charge in [-0.05, 0) is 42.0 Å². The van der Waals surface area contributed by atoms with Gasteiger partial charge in [-0.15, -0.1) is 0 Å². The smallest absolute Gasteiger partial charge is 0.251 e. The van der Waals surface area contributed by atoms with Gasteiger partial charge in [-0.2, -0.15) is 5.10 Å². The van der Waals surface area contributed by atoms with Crippen molar-refractivity contribution in [3.8, 4) is 11.6 Å². The number of nitrogens with one attached hydrogen (secondary N) is 1. The molecule has 0 saturated heterocycles. The molecule has 6 heteroatoms. The summed E-state index contributed by atoms with van der Waals surface area (Å²) in [5.74, 6) is 0.396. The van der Waals surface area contributed by atoms with E-state index in [9.17, 15) is 4.79 Å². The van der Waals surface area contributed by atoms with E-state index in [2.05, 4.69) is 15.4 Å². The Labute approximate surface area is 133 Å². The van der Waals surface area contributed by atoms with E-state index in [1.807, 2.05) is 30.5 Å². The van der Waals surface area contributed by atoms with Crippen molar-refractivity contribution in [1.82, 2.24) is 20.1 Å². The Hall–Kier alpha value is -3.15. The number of amides is 1. The molecule has 0 aliphatic carbocycles. The highest BCUT2D eigenvalue weighted by atomic mass is 16.5. The minimum absolute atomic E-state index is 0.132. The highest BCUT2D eigenvalue weighted by Gasteiger charge is 2.06. The van der Waals surface area contributed by atoms with E-state index in [0.29, 0.717) is 18.0 Å². The first-order chi connectivity index (χ1) is 11.3. The van der Waals surface area contributed by atoms with Gasteiger partial charge in [-0.3, -0.25) is 4.79 Å². The Balaban J connectivity index is 1.64. The number of benzene rings is 1. The maximum atomic E-state index is 12.2. The molecule has 116 valence electrons. The first-order valence-corrected chi connectivity index (χ1v) is 7.13. The van der Waals surface area contributed by atoms with E-state index in [1.165, 1.54) is 0 Å². The van der Waals surface area contributed by atoms with Crippen LogP contribution in [-0.2, 0) is 6.54 Å². The zero-order valence-corrected chi connectivity index (χ0v) is 12.6. The van der Waals surface area contributed by atoms with Crippen LogP contribution in [0.1, 0.15) is 15.9 Å². The maximum absolute atomic E-state index is 12.2. The summed E-state index contributed by atoms with van der Waals surface area (Å²) in [6.07, 6.45) is 5.22. The van der Waals surface area contributed by atoms with Crippen molar-refractivity contribution in [2.45, 2.75) is 6.54 Å². The molecule has 0 bridgehead atoms. The average Bonchev–Trinajstić information content (AvgIpc) is 3.14. The Morgan fingerprint density at radius 1 is 1.22 bits per heavy atom. The van der Waals surface area contributed by atoms with E-state index in [1.54, 1.807) is 42.4 Å². The number of nitrogens with zero attached hydrogens (tertiary/aromatic N) is 3. The predicted octanol–water partition coefficient (Wildman–Crippen LogP) is 2.21. The molecular weight excluding hydrogens is 292 g/mol. The van der Waals surface area contributed by atoms with Crippen molar-refractivity contribution < 1.29 is 9.53 Å². The summed E-state index contributed by atoms with van der Waals surface area (Å²) in [7, 11) is 1.56. The molecule has 0 atom stereocenters. The predicted molar refractivity (Wildman–Crippen MR) is 85.5 cm³/mol. The monoisotopic (exact) mass is 308 g/mol. The van der Waals surface area contributed by atoms with Crippen LogP contribution in [0.4, 0.5) is 0 Å². The van der Waals surface area contributed by atoms with Crippen molar-refractivity contribution in [2.24, 2.45) is 0 Å². The fourth-order valence-electron chi connectivity index (χ4n) is 2.14. The molecule has 0 unspecified atom stereocenters. The number of ether oxygens (including phenoxy) is 1. The van der Waals surface area contributed by atoms with E-state index in [-0.39, 0.29) is 5.91 Å². The molecule has 6 nitrogen and oxygen atoms in total. The van der Waals surface area contributed by atoms with Gasteiger partial charge in [0.05, 0.1) is 12.8 Å². The fourth-order valence-corrected chi connectivity index (χ4v) is 2.14. The molecule has 0 aliphatic rings. The van der Waals surface area contributed by atoms with Crippen LogP contribution in [0, 0.1) is 0 Å². The SMILES string of the molecule is COc1cc(CNC(=O)c2ccc(-n3cccn3)cc2)ccn1. The highest BCUT2D eigenvalue weighted by molar-refractivity contribution is 5.94. The van der Waals surface area contributed by atoms with E-state index < -0.39 is 0 Å². The Bertz CT molecular complexity index is 783. The van der Waals surface area contributed by atoms with Crippen LogP contribution >= 0.6 is 0 Å². The topological polar surface area (TPSA) is 69.0 Å². The minimum atomic E-state index is -0.132. The molecule has 2 heterocycles. The van der Waals surface area contributed by atoms with Crippen molar-refractivity contribution >= 4 is 5.91 Å². The van der Waals surface area contributed by atoms with E-state index in [4.69, 9.17) is 4.74 Å². The van der Waals surface area contributed by atoms with Crippen LogP contribution in [0.15, 0.2) is 61.1 Å². The average molecular weight is 308 g/mol. The molecule has 1 amide bonds. The normalized spacial score (nSPS) is 10.3. The lowest BCUT2D eigenvalue weighted by molar-refractivity contribution is 0.0951. The fraction of sp³-hybridized carbons (Fsp3) is 0.118. The van der Waals surface area contributed by atoms with Gasteiger partial charge >= 0.3 is 0 Å². The third kappa shape index (κ3) is 3.55. The van der Waals surface area contributed by atoms with Gasteiger partial charge in [0.1, 0.15) is 0 Å². The second-order valence-corrected chi connectivity index (χ2v) is 4.89. The Kier molecular flexibility index (Phi) is 4.33. The van der Waals surface area contributed by atoms with Crippen LogP contribution in [0.5, 0.6) is 5.88 Å². The Morgan fingerprint density at radius 3 is 2.74 bits per heavy atom. The van der Waals surface area contributed by atoms with E-state index >= 15 is 0 Å². The standard InChI is InChI=1S/C17H16N4O2/c1-23-16-11-13(7-9-18-16)12-19-17(22)14-3-5-15(6-4-14)21-10-2-8-20-21/h2-11H,12H2,1H3,(H,19,22). The lowest BCUT2D eigenvalue weighted by atomic mass is 10.2. The zero-order chi connectivity index (χ0) is 16.1. The van der Waals surface area contributed by atoms with Crippen LogP contribution in [-0.4, -0.2) is 27.8 Å². The van der Waals surface area contributed by atoms with Crippen LogP contribution in [0.25, 0.3) is 5.69 Å². The van der Waals surface area contributed by atoms with Gasteiger partial charge in [0.25, 0.3) is 5.91 Å². The van der Waals surface area contributed by atoms with Crippen molar-refractivity contribution in [3.63, 3.8) is 0 Å². The lowest BCUT2D eigenvalue weighted by Crippen LogP contribution is -2.22. The van der Waals surface area contributed by atoms with Crippen LogP contribution in [0.3, 0.4) is 0 Å². The van der Waals surface area contributed by atoms with Gasteiger partial charge in [-0.1, -0.05) is 0 Å². The highest BCUT2D eigenvalue weighted by Crippen LogP contribution is 2.10. The number of carbonyl (C=O) groups excluding carboxylic acids is 1. The summed E-state index contributed by atoms with van der Waals surface area (Å²) in [6, 6.07) is 12.8. The third-order valence-electron chi connectivity index (χ3n) is 3.36. The van der Waals surface area contributed by atoms with Gasteiger partial charge < -0.3 is 10.1 Å². The quantitative estimate of drug-likeness (QED) is 0.784. The first-order valence-electron chi connectivity index (χ1n) is 7.13. The number of hydrogen-bond donors (Lipinski definition) is 1. The molecule has 0 saturated carbocycles. The number of rotatable bonds is 5. The summed E-state index contributed by atoms with van der Waals surface area (Å²) in [4.78, 5) is 16.2. The molecule has 0 spiro atoms. The molecular formula is C17H16N4O2. The Morgan fingerprint density at radius 2 is 2.04 bits per heavy atom. The maximum Gasteiger partial charge on any atom is 0.251 e. The number of carbonyl (C=O) groups is 1. The molecule has 3 rings (SSSR count). The van der Waals surface area contributed by atoms with Crippen molar-refractivity contribution in [1.29, 1.82) is 0 Å². The van der Waals surface area contributed by atoms with Crippen LogP contribution < -0.4 is 10.1 Å². The molecule has 0 aliphatic heterocycles. The summed E-state index contributed by atoms with van der Waals surface area (Å²) >= 11 is 0. The molecule has 3 aromatic rings. The zero-order valence-electron chi connectivity index (χ0n) is 12.6.